The quantitative estimate of drug-likeness (QED) is 0.646. The van der Waals surface area contributed by atoms with E-state index < -0.39 is 5.41 Å². The van der Waals surface area contributed by atoms with Crippen LogP contribution >= 0.6 is 0 Å². The lowest BCUT2D eigenvalue weighted by Gasteiger charge is -2.12. The van der Waals surface area contributed by atoms with Crippen molar-refractivity contribution in [3.05, 3.63) is 53.5 Å². The Morgan fingerprint density at radius 3 is 2.44 bits per heavy atom. The summed E-state index contributed by atoms with van der Waals surface area (Å²) in [5.74, 6) is -0.180. The summed E-state index contributed by atoms with van der Waals surface area (Å²) in [6.07, 6.45) is 3.55. The summed E-state index contributed by atoms with van der Waals surface area (Å²) < 4.78 is 13.4. The van der Waals surface area contributed by atoms with Crippen molar-refractivity contribution in [2.45, 2.75) is 33.6 Å². The van der Waals surface area contributed by atoms with Crippen LogP contribution in [0.25, 0.3) is 0 Å². The Bertz CT molecular complexity index is 376. The molecule has 0 saturated carbocycles. The molecule has 86 valence electrons. The Morgan fingerprint density at radius 1 is 1.25 bits per heavy atom. The summed E-state index contributed by atoms with van der Waals surface area (Å²) in [6.45, 7) is 5.54. The van der Waals surface area contributed by atoms with Crippen LogP contribution in [0, 0.1) is 5.41 Å². The van der Waals surface area contributed by atoms with Gasteiger partial charge < -0.3 is 0 Å². The number of halogens is 1. The van der Waals surface area contributed by atoms with E-state index in [2.05, 4.69) is 17.9 Å². The Hall–Kier alpha value is -1.33. The topological polar surface area (TPSA) is 0 Å². The number of aryl methyl sites for hydroxylation is 1. The van der Waals surface area contributed by atoms with Gasteiger partial charge in [0, 0.05) is 5.41 Å². The van der Waals surface area contributed by atoms with Gasteiger partial charge in [0.15, 0.2) is 0 Å². The molecule has 1 aromatic carbocycles. The maximum atomic E-state index is 13.4. The van der Waals surface area contributed by atoms with Gasteiger partial charge in [-0.15, -0.1) is 0 Å². The Labute approximate surface area is 97.5 Å². The summed E-state index contributed by atoms with van der Waals surface area (Å²) in [4.78, 5) is 0. The molecule has 1 aromatic rings. The van der Waals surface area contributed by atoms with Gasteiger partial charge in [-0.05, 0) is 24.5 Å². The van der Waals surface area contributed by atoms with E-state index in [-0.39, 0.29) is 5.83 Å². The summed E-state index contributed by atoms with van der Waals surface area (Å²) >= 11 is 0. The van der Waals surface area contributed by atoms with Crippen LogP contribution in [0.4, 0.5) is 4.39 Å². The van der Waals surface area contributed by atoms with E-state index in [1.807, 2.05) is 39.0 Å². The number of rotatable bonds is 3. The average molecular weight is 218 g/mol. The molecule has 0 amide bonds. The standard InChI is InChI=1S/C15H19F/c1-15(2,3)14(16)12-8-7-11-13-9-5-4-6-10-13/h4-6,8-10H,7,11H2,1-3H3. The predicted molar refractivity (Wildman–Crippen MR) is 66.9 cm³/mol. The first-order chi connectivity index (χ1) is 7.50. The molecule has 0 aliphatic rings. The zero-order valence-electron chi connectivity index (χ0n) is 10.3. The second-order valence-corrected chi connectivity index (χ2v) is 4.94. The van der Waals surface area contributed by atoms with E-state index in [1.165, 1.54) is 5.56 Å². The van der Waals surface area contributed by atoms with Gasteiger partial charge in [-0.2, -0.15) is 0 Å². The minimum absolute atomic E-state index is 0.180. The summed E-state index contributed by atoms with van der Waals surface area (Å²) in [5.41, 5.74) is 3.57. The molecule has 0 heterocycles. The molecule has 0 aliphatic carbocycles. The third-order valence-corrected chi connectivity index (χ3v) is 2.31. The molecule has 0 aliphatic heterocycles. The molecular weight excluding hydrogens is 199 g/mol. The van der Waals surface area contributed by atoms with E-state index in [1.54, 1.807) is 6.08 Å². The van der Waals surface area contributed by atoms with Crippen LogP contribution in [0.2, 0.25) is 0 Å². The highest BCUT2D eigenvalue weighted by Crippen LogP contribution is 2.24. The first-order valence-corrected chi connectivity index (χ1v) is 5.65. The van der Waals surface area contributed by atoms with Gasteiger partial charge in [-0.25, -0.2) is 4.39 Å². The van der Waals surface area contributed by atoms with E-state index in [0.29, 0.717) is 0 Å². The zero-order valence-corrected chi connectivity index (χ0v) is 10.3. The maximum absolute atomic E-state index is 13.4. The third-order valence-electron chi connectivity index (χ3n) is 2.31. The number of hydrogen-bond donors (Lipinski definition) is 0. The van der Waals surface area contributed by atoms with E-state index in [0.717, 1.165) is 12.8 Å². The molecule has 0 N–H and O–H groups in total. The molecule has 1 heteroatoms. The number of allylic oxidation sites excluding steroid dienone is 1. The number of hydrogen-bond acceptors (Lipinski definition) is 0. The SMILES string of the molecule is CC(C)(C)C(F)=C=CCCc1ccccc1. The monoisotopic (exact) mass is 218 g/mol. The lowest BCUT2D eigenvalue weighted by molar-refractivity contribution is 0.385. The van der Waals surface area contributed by atoms with Gasteiger partial charge in [-0.1, -0.05) is 56.8 Å². The minimum atomic E-state index is -0.427. The van der Waals surface area contributed by atoms with E-state index in [9.17, 15) is 4.39 Å². The fourth-order valence-electron chi connectivity index (χ4n) is 1.26. The second-order valence-electron chi connectivity index (χ2n) is 4.94. The van der Waals surface area contributed by atoms with Crippen molar-refractivity contribution in [1.82, 2.24) is 0 Å². The van der Waals surface area contributed by atoms with Crippen molar-refractivity contribution in [2.24, 2.45) is 5.41 Å². The fraction of sp³-hybridized carbons (Fsp3) is 0.400. The number of benzene rings is 1. The van der Waals surface area contributed by atoms with Crippen LogP contribution < -0.4 is 0 Å². The molecule has 16 heavy (non-hydrogen) atoms. The van der Waals surface area contributed by atoms with Gasteiger partial charge >= 0.3 is 0 Å². The van der Waals surface area contributed by atoms with E-state index in [4.69, 9.17) is 0 Å². The Balaban J connectivity index is 2.50. The molecular formula is C15H19F. The summed E-state index contributed by atoms with van der Waals surface area (Å²) in [6, 6.07) is 10.2. The molecule has 0 saturated heterocycles. The fourth-order valence-corrected chi connectivity index (χ4v) is 1.26. The Morgan fingerprint density at radius 2 is 1.88 bits per heavy atom. The molecule has 0 aromatic heterocycles. The average Bonchev–Trinajstić information content (AvgIpc) is 2.24. The molecule has 0 bridgehead atoms. The lowest BCUT2D eigenvalue weighted by Crippen LogP contribution is -2.03. The minimum Gasteiger partial charge on any atom is -0.202 e. The highest BCUT2D eigenvalue weighted by Gasteiger charge is 2.15. The van der Waals surface area contributed by atoms with Gasteiger partial charge in [0.2, 0.25) is 0 Å². The largest absolute Gasteiger partial charge is 0.202 e. The molecule has 1 rings (SSSR count). The van der Waals surface area contributed by atoms with Crippen molar-refractivity contribution in [1.29, 1.82) is 0 Å². The maximum Gasteiger partial charge on any atom is 0.147 e. The molecule has 0 fully saturated rings. The molecule has 0 unspecified atom stereocenters. The predicted octanol–water partition coefficient (Wildman–Crippen LogP) is 4.67. The zero-order chi connectivity index (χ0) is 12.0. The van der Waals surface area contributed by atoms with Crippen molar-refractivity contribution in [2.75, 3.05) is 0 Å². The highest BCUT2D eigenvalue weighted by molar-refractivity contribution is 5.15. The van der Waals surface area contributed by atoms with Crippen LogP contribution in [0.5, 0.6) is 0 Å². The summed E-state index contributed by atoms with van der Waals surface area (Å²) in [7, 11) is 0. The van der Waals surface area contributed by atoms with Crippen molar-refractivity contribution in [3.8, 4) is 0 Å². The Kier molecular flexibility index (Phi) is 4.52. The first-order valence-electron chi connectivity index (χ1n) is 5.65. The van der Waals surface area contributed by atoms with Crippen LogP contribution in [0.1, 0.15) is 32.8 Å². The molecule has 0 atom stereocenters. The smallest absolute Gasteiger partial charge is 0.147 e. The van der Waals surface area contributed by atoms with Crippen LogP contribution in [0.3, 0.4) is 0 Å². The highest BCUT2D eigenvalue weighted by atomic mass is 19.1. The summed E-state index contributed by atoms with van der Waals surface area (Å²) in [5, 5.41) is 0. The van der Waals surface area contributed by atoms with Crippen LogP contribution in [-0.2, 0) is 6.42 Å². The lowest BCUT2D eigenvalue weighted by atomic mass is 9.95. The normalized spacial score (nSPS) is 10.8. The molecule has 0 nitrogen and oxygen atoms in total. The van der Waals surface area contributed by atoms with Gasteiger partial charge in [0.1, 0.15) is 5.83 Å². The van der Waals surface area contributed by atoms with Gasteiger partial charge in [0.05, 0.1) is 0 Å². The van der Waals surface area contributed by atoms with E-state index >= 15 is 0 Å². The van der Waals surface area contributed by atoms with Crippen molar-refractivity contribution < 1.29 is 4.39 Å². The first kappa shape index (κ1) is 12.7. The van der Waals surface area contributed by atoms with Gasteiger partial charge in [0.25, 0.3) is 0 Å². The second kappa shape index (κ2) is 5.67. The van der Waals surface area contributed by atoms with Crippen LogP contribution in [0.15, 0.2) is 48.0 Å². The van der Waals surface area contributed by atoms with Crippen molar-refractivity contribution in [3.63, 3.8) is 0 Å². The molecule has 0 radical (unpaired) electrons. The molecule has 0 spiro atoms. The van der Waals surface area contributed by atoms with Crippen LogP contribution in [-0.4, -0.2) is 0 Å². The van der Waals surface area contributed by atoms with Crippen molar-refractivity contribution >= 4 is 0 Å². The van der Waals surface area contributed by atoms with Gasteiger partial charge in [-0.3, -0.25) is 0 Å². The third kappa shape index (κ3) is 4.46.